The van der Waals surface area contributed by atoms with Crippen LogP contribution < -0.4 is 0 Å². The van der Waals surface area contributed by atoms with E-state index in [0.29, 0.717) is 0 Å². The molecule has 17 heavy (non-hydrogen) atoms. The molecular weight excluding hydrogens is 204 g/mol. The van der Waals surface area contributed by atoms with Crippen molar-refractivity contribution in [3.8, 4) is 0 Å². The average molecular weight is 222 g/mol. The molecule has 0 radical (unpaired) electrons. The van der Waals surface area contributed by atoms with Gasteiger partial charge in [-0.1, -0.05) is 65.7 Å². The predicted octanol–water partition coefficient (Wildman–Crippen LogP) is 4.76. The molecule has 0 nitrogen and oxygen atoms in total. The monoisotopic (exact) mass is 222 g/mol. The smallest absolute Gasteiger partial charge is 0.0154 e. The lowest BCUT2D eigenvalue weighted by Gasteiger charge is -2.10. The molecule has 2 aromatic rings. The van der Waals surface area contributed by atoms with Gasteiger partial charge in [0.15, 0.2) is 0 Å². The highest BCUT2D eigenvalue weighted by molar-refractivity contribution is 5.80. The molecule has 0 heterocycles. The molecule has 0 spiro atoms. The first-order valence-corrected chi connectivity index (χ1v) is 6.01. The summed E-state index contributed by atoms with van der Waals surface area (Å²) < 4.78 is 0. The fourth-order valence-electron chi connectivity index (χ4n) is 2.25. The number of allylic oxidation sites excluding steroid dienone is 1. The Kier molecular flexibility index (Phi) is 3.43. The normalized spacial score (nSPS) is 11.6. The summed E-state index contributed by atoms with van der Waals surface area (Å²) >= 11 is 0. The molecule has 0 unspecified atom stereocenters. The SMILES string of the molecule is C/C=C(\c1ccccc1)c1cc(C)cc(C)c1. The number of hydrogen-bond donors (Lipinski definition) is 0. The van der Waals surface area contributed by atoms with Crippen LogP contribution in [0.5, 0.6) is 0 Å². The zero-order valence-corrected chi connectivity index (χ0v) is 10.7. The molecule has 0 aromatic heterocycles. The van der Waals surface area contributed by atoms with E-state index in [9.17, 15) is 0 Å². The van der Waals surface area contributed by atoms with Gasteiger partial charge in [-0.3, -0.25) is 0 Å². The quantitative estimate of drug-likeness (QED) is 0.687. The van der Waals surface area contributed by atoms with Gasteiger partial charge in [0.1, 0.15) is 0 Å². The molecule has 2 rings (SSSR count). The third kappa shape index (κ3) is 2.65. The highest BCUT2D eigenvalue weighted by Crippen LogP contribution is 2.24. The van der Waals surface area contributed by atoms with E-state index in [1.807, 2.05) is 0 Å². The van der Waals surface area contributed by atoms with Crippen molar-refractivity contribution in [3.05, 3.63) is 76.9 Å². The van der Waals surface area contributed by atoms with E-state index in [0.717, 1.165) is 0 Å². The van der Waals surface area contributed by atoms with Crippen LogP contribution in [0.3, 0.4) is 0 Å². The molecule has 0 amide bonds. The van der Waals surface area contributed by atoms with E-state index >= 15 is 0 Å². The minimum atomic E-state index is 1.28. The molecule has 2 aromatic carbocycles. The fraction of sp³-hybridized carbons (Fsp3) is 0.176. The van der Waals surface area contributed by atoms with Crippen LogP contribution in [0.1, 0.15) is 29.2 Å². The van der Waals surface area contributed by atoms with Crippen LogP contribution >= 0.6 is 0 Å². The number of benzene rings is 2. The lowest BCUT2D eigenvalue weighted by molar-refractivity contribution is 1.36. The summed E-state index contributed by atoms with van der Waals surface area (Å²) in [5, 5.41) is 0. The van der Waals surface area contributed by atoms with E-state index in [-0.39, 0.29) is 0 Å². The van der Waals surface area contributed by atoms with E-state index in [1.54, 1.807) is 0 Å². The summed E-state index contributed by atoms with van der Waals surface area (Å²) in [5.74, 6) is 0. The summed E-state index contributed by atoms with van der Waals surface area (Å²) in [6.07, 6.45) is 2.18. The molecule has 0 aliphatic rings. The van der Waals surface area contributed by atoms with Crippen LogP contribution in [0.4, 0.5) is 0 Å². The van der Waals surface area contributed by atoms with Gasteiger partial charge in [0.2, 0.25) is 0 Å². The molecule has 0 aliphatic heterocycles. The first-order valence-electron chi connectivity index (χ1n) is 6.01. The third-order valence-corrected chi connectivity index (χ3v) is 2.91. The maximum absolute atomic E-state index is 2.25. The van der Waals surface area contributed by atoms with Gasteiger partial charge in [0.25, 0.3) is 0 Å². The maximum Gasteiger partial charge on any atom is -0.0154 e. The van der Waals surface area contributed by atoms with Crippen LogP contribution in [0, 0.1) is 13.8 Å². The molecule has 0 heteroatoms. The van der Waals surface area contributed by atoms with E-state index in [1.165, 1.54) is 27.8 Å². The van der Waals surface area contributed by atoms with Gasteiger partial charge >= 0.3 is 0 Å². The van der Waals surface area contributed by atoms with Gasteiger partial charge in [-0.05, 0) is 37.5 Å². The Morgan fingerprint density at radius 2 is 1.41 bits per heavy atom. The second-order valence-corrected chi connectivity index (χ2v) is 4.44. The molecule has 0 saturated heterocycles. The zero-order chi connectivity index (χ0) is 12.3. The molecule has 0 aliphatic carbocycles. The summed E-state index contributed by atoms with van der Waals surface area (Å²) in [7, 11) is 0. The summed E-state index contributed by atoms with van der Waals surface area (Å²) in [5.41, 5.74) is 6.51. The van der Waals surface area contributed by atoms with E-state index < -0.39 is 0 Å². The van der Waals surface area contributed by atoms with Crippen LogP contribution in [0.25, 0.3) is 5.57 Å². The highest BCUT2D eigenvalue weighted by Gasteiger charge is 2.04. The van der Waals surface area contributed by atoms with Crippen molar-refractivity contribution in [1.82, 2.24) is 0 Å². The molecule has 0 N–H and O–H groups in total. The number of hydrogen-bond acceptors (Lipinski definition) is 0. The zero-order valence-electron chi connectivity index (χ0n) is 10.7. The van der Waals surface area contributed by atoms with E-state index in [2.05, 4.69) is 75.4 Å². The topological polar surface area (TPSA) is 0 Å². The van der Waals surface area contributed by atoms with Crippen molar-refractivity contribution in [3.63, 3.8) is 0 Å². The molecule has 0 fully saturated rings. The van der Waals surface area contributed by atoms with Crippen molar-refractivity contribution < 1.29 is 0 Å². The van der Waals surface area contributed by atoms with Crippen LogP contribution in [-0.2, 0) is 0 Å². The Labute approximate surface area is 104 Å². The lowest BCUT2D eigenvalue weighted by Crippen LogP contribution is -1.89. The minimum Gasteiger partial charge on any atom is -0.0792 e. The summed E-state index contributed by atoms with van der Waals surface area (Å²) in [4.78, 5) is 0. The standard InChI is InChI=1S/C17H18/c1-4-17(15-8-6-5-7-9-15)16-11-13(2)10-14(3)12-16/h4-12H,1-3H3/b17-4+. The summed E-state index contributed by atoms with van der Waals surface area (Å²) in [6, 6.07) is 17.2. The van der Waals surface area contributed by atoms with Crippen molar-refractivity contribution >= 4 is 5.57 Å². The Bertz CT molecular complexity index is 513. The molecule has 86 valence electrons. The van der Waals surface area contributed by atoms with Crippen LogP contribution in [0.15, 0.2) is 54.6 Å². The molecule has 0 saturated carbocycles. The van der Waals surface area contributed by atoms with Crippen molar-refractivity contribution in [2.45, 2.75) is 20.8 Å². The van der Waals surface area contributed by atoms with Crippen LogP contribution in [-0.4, -0.2) is 0 Å². The molecule has 0 bridgehead atoms. The first kappa shape index (κ1) is 11.7. The van der Waals surface area contributed by atoms with Gasteiger partial charge in [-0.25, -0.2) is 0 Å². The fourth-order valence-corrected chi connectivity index (χ4v) is 2.25. The number of aryl methyl sites for hydroxylation is 2. The predicted molar refractivity (Wildman–Crippen MR) is 75.1 cm³/mol. The Hall–Kier alpha value is -1.82. The van der Waals surface area contributed by atoms with Crippen molar-refractivity contribution in [2.75, 3.05) is 0 Å². The Morgan fingerprint density at radius 1 is 0.824 bits per heavy atom. The van der Waals surface area contributed by atoms with Crippen LogP contribution in [0.2, 0.25) is 0 Å². The number of rotatable bonds is 2. The highest BCUT2D eigenvalue weighted by atomic mass is 14.1. The Balaban J connectivity index is 2.51. The maximum atomic E-state index is 2.25. The molecule has 0 atom stereocenters. The van der Waals surface area contributed by atoms with Crippen molar-refractivity contribution in [2.24, 2.45) is 0 Å². The van der Waals surface area contributed by atoms with Gasteiger partial charge in [-0.2, -0.15) is 0 Å². The lowest BCUT2D eigenvalue weighted by atomic mass is 9.95. The first-order chi connectivity index (χ1) is 8.20. The van der Waals surface area contributed by atoms with Crippen molar-refractivity contribution in [1.29, 1.82) is 0 Å². The Morgan fingerprint density at radius 3 is 1.94 bits per heavy atom. The second kappa shape index (κ2) is 5.01. The van der Waals surface area contributed by atoms with Gasteiger partial charge in [-0.15, -0.1) is 0 Å². The largest absolute Gasteiger partial charge is 0.0792 e. The van der Waals surface area contributed by atoms with Gasteiger partial charge in [0.05, 0.1) is 0 Å². The van der Waals surface area contributed by atoms with Gasteiger partial charge < -0.3 is 0 Å². The minimum absolute atomic E-state index is 1.28. The third-order valence-electron chi connectivity index (χ3n) is 2.91. The molecular formula is C17H18. The van der Waals surface area contributed by atoms with E-state index in [4.69, 9.17) is 0 Å². The van der Waals surface area contributed by atoms with Gasteiger partial charge in [0, 0.05) is 0 Å². The average Bonchev–Trinajstić information content (AvgIpc) is 2.30. The summed E-state index contributed by atoms with van der Waals surface area (Å²) in [6.45, 7) is 6.39. The second-order valence-electron chi connectivity index (χ2n) is 4.44.